The van der Waals surface area contributed by atoms with Crippen molar-refractivity contribution in [3.63, 3.8) is 0 Å². The molecule has 0 saturated carbocycles. The zero-order valence-electron chi connectivity index (χ0n) is 5.58. The first-order valence-corrected chi connectivity index (χ1v) is 4.33. The monoisotopic (exact) mass is 230 g/mol. The van der Waals surface area contributed by atoms with Crippen LogP contribution in [0.15, 0.2) is 0 Å². The Morgan fingerprint density at radius 1 is 0.300 bits per heavy atom. The van der Waals surface area contributed by atoms with E-state index in [1.54, 1.807) is 0 Å². The van der Waals surface area contributed by atoms with Crippen molar-refractivity contribution in [2.24, 2.45) is 0 Å². The summed E-state index contributed by atoms with van der Waals surface area (Å²) in [4.78, 5) is 0. The van der Waals surface area contributed by atoms with Crippen LogP contribution >= 0.6 is 61.1 Å². The molecule has 0 unspecified atom stereocenters. The number of rotatable bonds is 0. The van der Waals surface area contributed by atoms with Crippen molar-refractivity contribution in [2.45, 2.75) is 0 Å². The van der Waals surface area contributed by atoms with Gasteiger partial charge in [0.25, 0.3) is 0 Å². The third-order valence-electron chi connectivity index (χ3n) is 0. The molecule has 60 valence electrons. The third-order valence-corrected chi connectivity index (χ3v) is 0. The van der Waals surface area contributed by atoms with Crippen LogP contribution in [0.3, 0.4) is 0 Å². The molecule has 0 aliphatic heterocycles. The van der Waals surface area contributed by atoms with Crippen molar-refractivity contribution >= 4 is 90.4 Å². The summed E-state index contributed by atoms with van der Waals surface area (Å²) in [6.45, 7) is 0. The smallest absolute Gasteiger partial charge is 0.0351 e. The number of hydrogen-bond donors (Lipinski definition) is 0. The molecule has 0 spiro atoms. The molecule has 0 aromatic carbocycles. The van der Waals surface area contributed by atoms with Crippen LogP contribution in [0.25, 0.3) is 0 Å². The van der Waals surface area contributed by atoms with E-state index in [0.29, 0.717) is 0 Å². The molecule has 0 atom stereocenters. The fourth-order valence-electron chi connectivity index (χ4n) is 0. The van der Waals surface area contributed by atoms with Crippen molar-refractivity contribution in [1.29, 1.82) is 0 Å². The van der Waals surface area contributed by atoms with Crippen LogP contribution in [-0.2, 0) is 0 Å². The minimum atomic E-state index is 2.83. The minimum absolute atomic E-state index is 2.83. The van der Waals surface area contributed by atoms with Gasteiger partial charge in [-0.2, -0.15) is 0 Å². The summed E-state index contributed by atoms with van der Waals surface area (Å²) in [5.74, 6) is 14.2. The molecule has 0 bridgehead atoms. The van der Waals surface area contributed by atoms with E-state index in [0.717, 1.165) is 0 Å². The lowest BCUT2D eigenvalue weighted by atomic mass is 12.0. The fraction of sp³-hybridized carbons (Fsp3) is 0. The van der Waals surface area contributed by atoms with Gasteiger partial charge < -0.3 is 0 Å². The van der Waals surface area contributed by atoms with Crippen LogP contribution in [0.2, 0.25) is 0 Å². The average Bonchev–Trinajstić information content (AvgIpc) is 2.20. The van der Waals surface area contributed by atoms with Gasteiger partial charge in [-0.25, -0.2) is 0 Å². The molecule has 0 amide bonds. The SMILES string of the molecule is C=S.C=S.C=S.C=S.C=S. The Kier molecular flexibility index (Phi) is 10500. The van der Waals surface area contributed by atoms with E-state index in [9.17, 15) is 0 Å². The maximum absolute atomic E-state index is 3.83. The summed E-state index contributed by atoms with van der Waals surface area (Å²) in [5.41, 5.74) is 0. The Balaban J connectivity index is -0.0000000104. The maximum Gasteiger partial charge on any atom is -0.0351 e. The summed E-state index contributed by atoms with van der Waals surface area (Å²) in [6, 6.07) is 0. The molecule has 0 saturated heterocycles. The molecule has 0 heterocycles. The second-order valence-electron chi connectivity index (χ2n) is 0. The summed E-state index contributed by atoms with van der Waals surface area (Å²) in [7, 11) is 0. The Hall–Kier alpha value is 0.450. The van der Waals surface area contributed by atoms with Crippen molar-refractivity contribution < 1.29 is 0 Å². The van der Waals surface area contributed by atoms with E-state index >= 15 is 0 Å². The first-order chi connectivity index (χ1) is 5.00. The number of thiocarbonyl (C=S) groups is 5. The Bertz CT molecular complexity index is 21.6. The zero-order chi connectivity index (χ0) is 10.0. The van der Waals surface area contributed by atoms with E-state index in [-0.39, 0.29) is 0 Å². The van der Waals surface area contributed by atoms with E-state index in [4.69, 9.17) is 0 Å². The highest BCUT2D eigenvalue weighted by Crippen LogP contribution is 1.04. The second kappa shape index (κ2) is 3330. The van der Waals surface area contributed by atoms with Gasteiger partial charge in [-0.15, -0.1) is 0 Å². The molecule has 0 rings (SSSR count). The van der Waals surface area contributed by atoms with E-state index in [1.165, 1.54) is 0 Å². The molecule has 0 fully saturated rings. The quantitative estimate of drug-likeness (QED) is 0.585. The Morgan fingerprint density at radius 3 is 0.300 bits per heavy atom. The Labute approximate surface area is 90.0 Å². The van der Waals surface area contributed by atoms with Gasteiger partial charge >= 0.3 is 0 Å². The van der Waals surface area contributed by atoms with Gasteiger partial charge in [0.15, 0.2) is 0 Å². The topological polar surface area (TPSA) is 0 Å². The molecule has 0 radical (unpaired) electrons. The standard InChI is InChI=1S/5CH2S/c5*1-2/h5*1H2. The highest BCUT2D eigenvalue weighted by Gasteiger charge is 0.650. The molecular formula is C5H10S5. The zero-order valence-corrected chi connectivity index (χ0v) is 9.66. The lowest BCUT2D eigenvalue weighted by Gasteiger charge is -0.774. The van der Waals surface area contributed by atoms with Gasteiger partial charge in [-0.05, 0) is 29.4 Å². The lowest BCUT2D eigenvalue weighted by molar-refractivity contribution is 4.83. The summed E-state index contributed by atoms with van der Waals surface area (Å²) in [5, 5.41) is 0. The van der Waals surface area contributed by atoms with Crippen molar-refractivity contribution in [3.05, 3.63) is 0 Å². The lowest BCUT2D eigenvalue weighted by Crippen LogP contribution is -0.661. The molecular weight excluding hydrogens is 220 g/mol. The molecule has 0 aliphatic rings. The van der Waals surface area contributed by atoms with E-state index in [1.807, 2.05) is 0 Å². The maximum atomic E-state index is 3.83. The minimum Gasteiger partial charge on any atom is -0.0973 e. The molecule has 0 aromatic rings. The second-order valence-corrected chi connectivity index (χ2v) is 0. The van der Waals surface area contributed by atoms with Crippen LogP contribution in [-0.4, -0.2) is 29.4 Å². The number of hydrogen-bond acceptors (Lipinski definition) is 5. The molecule has 10 heavy (non-hydrogen) atoms. The van der Waals surface area contributed by atoms with Gasteiger partial charge in [-0.3, -0.25) is 0 Å². The predicted molar refractivity (Wildman–Crippen MR) is 73.6 cm³/mol. The molecule has 0 aliphatic carbocycles. The molecule has 5 heteroatoms. The summed E-state index contributed by atoms with van der Waals surface area (Å²) < 4.78 is 0. The van der Waals surface area contributed by atoms with Crippen LogP contribution in [0, 0.1) is 0 Å². The van der Waals surface area contributed by atoms with E-state index in [2.05, 4.69) is 90.4 Å². The van der Waals surface area contributed by atoms with Crippen LogP contribution in [0.5, 0.6) is 0 Å². The summed E-state index contributed by atoms with van der Waals surface area (Å²) >= 11 is 19.2. The van der Waals surface area contributed by atoms with Gasteiger partial charge in [0.2, 0.25) is 0 Å². The van der Waals surface area contributed by atoms with Crippen molar-refractivity contribution in [1.82, 2.24) is 0 Å². The third kappa shape index (κ3) is 2320. The van der Waals surface area contributed by atoms with Crippen molar-refractivity contribution in [2.75, 3.05) is 0 Å². The Morgan fingerprint density at radius 2 is 0.300 bits per heavy atom. The molecule has 0 N–H and O–H groups in total. The highest BCUT2D eigenvalue weighted by molar-refractivity contribution is 7.78. The normalized spacial score (nSPS) is 2.00. The van der Waals surface area contributed by atoms with Gasteiger partial charge in [0.05, 0.1) is 0 Å². The predicted octanol–water partition coefficient (Wildman–Crippen LogP) is 3.08. The van der Waals surface area contributed by atoms with Gasteiger partial charge in [-0.1, -0.05) is 61.1 Å². The first-order valence-electron chi connectivity index (χ1n) is 1.44. The van der Waals surface area contributed by atoms with Crippen LogP contribution in [0.4, 0.5) is 0 Å². The van der Waals surface area contributed by atoms with Crippen LogP contribution in [0.1, 0.15) is 0 Å². The van der Waals surface area contributed by atoms with Gasteiger partial charge in [0.1, 0.15) is 0 Å². The fourth-order valence-corrected chi connectivity index (χ4v) is 0. The van der Waals surface area contributed by atoms with Crippen molar-refractivity contribution in [3.8, 4) is 0 Å². The van der Waals surface area contributed by atoms with Gasteiger partial charge in [0, 0.05) is 0 Å². The first kappa shape index (κ1) is 31.4. The van der Waals surface area contributed by atoms with E-state index < -0.39 is 0 Å². The highest BCUT2D eigenvalue weighted by atomic mass is 32.1. The summed E-state index contributed by atoms with van der Waals surface area (Å²) in [6.07, 6.45) is 0. The average molecular weight is 230 g/mol. The largest absolute Gasteiger partial charge is 0.0973 e. The molecule has 0 aromatic heterocycles. The molecule has 0 nitrogen and oxygen atoms in total. The van der Waals surface area contributed by atoms with Crippen LogP contribution < -0.4 is 0 Å².